The van der Waals surface area contributed by atoms with Crippen LogP contribution in [0.4, 0.5) is 0 Å². The average Bonchev–Trinajstić information content (AvgIpc) is 2.53. The zero-order valence-corrected chi connectivity index (χ0v) is 15.5. The number of benzene rings is 1. The molecule has 0 aliphatic heterocycles. The van der Waals surface area contributed by atoms with Gasteiger partial charge >= 0.3 is 0 Å². The van der Waals surface area contributed by atoms with E-state index >= 15 is 0 Å². The van der Waals surface area contributed by atoms with Crippen molar-refractivity contribution in [3.63, 3.8) is 0 Å². The largest absolute Gasteiger partial charge is 0.503 e. The molecule has 0 amide bonds. The fourth-order valence-corrected chi connectivity index (χ4v) is 3.24. The normalized spacial score (nSPS) is 15.6. The van der Waals surface area contributed by atoms with Crippen LogP contribution in [0.3, 0.4) is 0 Å². The molecule has 2 rings (SSSR count). The maximum atomic E-state index is 9.89. The number of rotatable bonds is 5. The molecule has 23 heavy (non-hydrogen) atoms. The minimum Gasteiger partial charge on any atom is -0.503 e. The summed E-state index contributed by atoms with van der Waals surface area (Å²) in [6.07, 6.45) is 7.79. The Labute approximate surface area is 150 Å². The van der Waals surface area contributed by atoms with E-state index in [1.807, 2.05) is 6.92 Å². The van der Waals surface area contributed by atoms with Crippen molar-refractivity contribution >= 4 is 39.5 Å². The highest BCUT2D eigenvalue weighted by molar-refractivity contribution is 9.10. The van der Waals surface area contributed by atoms with E-state index in [4.69, 9.17) is 17.0 Å². The summed E-state index contributed by atoms with van der Waals surface area (Å²) in [5, 5.41) is 17.9. The molecule has 126 valence electrons. The number of hydrazone groups is 1. The lowest BCUT2D eigenvalue weighted by Gasteiger charge is -2.23. The van der Waals surface area contributed by atoms with E-state index in [0.717, 1.165) is 18.4 Å². The molecule has 5 nitrogen and oxygen atoms in total. The number of hydrogen-bond acceptors (Lipinski definition) is 4. The van der Waals surface area contributed by atoms with Crippen LogP contribution in [-0.2, 0) is 0 Å². The Morgan fingerprint density at radius 2 is 2.17 bits per heavy atom. The van der Waals surface area contributed by atoms with Gasteiger partial charge in [-0.3, -0.25) is 5.43 Å². The lowest BCUT2D eigenvalue weighted by atomic mass is 9.96. The number of aromatic hydroxyl groups is 1. The molecule has 3 N–H and O–H groups in total. The van der Waals surface area contributed by atoms with Gasteiger partial charge in [-0.15, -0.1) is 0 Å². The topological polar surface area (TPSA) is 65.9 Å². The Kier molecular flexibility index (Phi) is 7.11. The molecule has 0 atom stereocenters. The van der Waals surface area contributed by atoms with Gasteiger partial charge in [-0.05, 0) is 65.6 Å². The Balaban J connectivity index is 1.90. The van der Waals surface area contributed by atoms with Gasteiger partial charge in [0.2, 0.25) is 0 Å². The summed E-state index contributed by atoms with van der Waals surface area (Å²) in [6, 6.07) is 3.94. The average molecular weight is 400 g/mol. The first-order valence-corrected chi connectivity index (χ1v) is 9.05. The highest BCUT2D eigenvalue weighted by Crippen LogP contribution is 2.35. The molecule has 1 aromatic carbocycles. The first-order valence-electron chi connectivity index (χ1n) is 7.85. The minimum atomic E-state index is 0.0893. The molecule has 1 aromatic rings. The van der Waals surface area contributed by atoms with Crippen molar-refractivity contribution < 1.29 is 9.84 Å². The molecule has 0 radical (unpaired) electrons. The monoisotopic (exact) mass is 399 g/mol. The molecule has 0 aromatic heterocycles. The number of hydrogen-bond donors (Lipinski definition) is 3. The zero-order valence-electron chi connectivity index (χ0n) is 13.1. The fourth-order valence-electron chi connectivity index (χ4n) is 2.56. The van der Waals surface area contributed by atoms with E-state index in [1.165, 1.54) is 19.3 Å². The molecule has 1 saturated carbocycles. The Hall–Kier alpha value is -1.34. The summed E-state index contributed by atoms with van der Waals surface area (Å²) in [4.78, 5) is 0. The second-order valence-corrected chi connectivity index (χ2v) is 6.72. The van der Waals surface area contributed by atoms with E-state index in [0.29, 0.717) is 28.0 Å². The van der Waals surface area contributed by atoms with Gasteiger partial charge in [-0.25, -0.2) is 0 Å². The number of nitrogens with one attached hydrogen (secondary N) is 2. The van der Waals surface area contributed by atoms with Gasteiger partial charge in [0, 0.05) is 6.04 Å². The second-order valence-electron chi connectivity index (χ2n) is 5.46. The molecular weight excluding hydrogens is 378 g/mol. The summed E-state index contributed by atoms with van der Waals surface area (Å²) in [7, 11) is 0. The number of phenols is 1. The van der Waals surface area contributed by atoms with Crippen LogP contribution in [0.2, 0.25) is 0 Å². The summed E-state index contributed by atoms with van der Waals surface area (Å²) < 4.78 is 5.95. The maximum absolute atomic E-state index is 9.89. The van der Waals surface area contributed by atoms with E-state index in [-0.39, 0.29) is 5.75 Å². The van der Waals surface area contributed by atoms with E-state index in [1.54, 1.807) is 18.3 Å². The van der Waals surface area contributed by atoms with Crippen molar-refractivity contribution in [3.8, 4) is 11.5 Å². The number of halogens is 1. The SMILES string of the molecule is CCOc1cc(/C=N\NC(=S)NC2CCCCC2)cc(Br)c1O. The van der Waals surface area contributed by atoms with Crippen molar-refractivity contribution in [1.82, 2.24) is 10.7 Å². The van der Waals surface area contributed by atoms with Gasteiger partial charge in [0.15, 0.2) is 16.6 Å². The van der Waals surface area contributed by atoms with Gasteiger partial charge in [0.1, 0.15) is 0 Å². The van der Waals surface area contributed by atoms with Gasteiger partial charge in [-0.2, -0.15) is 5.10 Å². The molecule has 1 fully saturated rings. The molecule has 0 saturated heterocycles. The van der Waals surface area contributed by atoms with Crippen LogP contribution < -0.4 is 15.5 Å². The first-order chi connectivity index (χ1) is 11.1. The molecule has 7 heteroatoms. The molecule has 1 aliphatic carbocycles. The summed E-state index contributed by atoms with van der Waals surface area (Å²) in [5.41, 5.74) is 3.63. The van der Waals surface area contributed by atoms with E-state index < -0.39 is 0 Å². The van der Waals surface area contributed by atoms with Crippen molar-refractivity contribution in [1.29, 1.82) is 0 Å². The third kappa shape index (κ3) is 5.66. The van der Waals surface area contributed by atoms with Crippen LogP contribution >= 0.6 is 28.1 Å². The third-order valence-electron chi connectivity index (χ3n) is 3.67. The van der Waals surface area contributed by atoms with E-state index in [2.05, 4.69) is 31.8 Å². The minimum absolute atomic E-state index is 0.0893. The first kappa shape index (κ1) is 18.0. The lowest BCUT2D eigenvalue weighted by Crippen LogP contribution is -2.40. The number of nitrogens with zero attached hydrogens (tertiary/aromatic N) is 1. The summed E-state index contributed by atoms with van der Waals surface area (Å²) in [6.45, 7) is 2.35. The molecule has 0 heterocycles. The van der Waals surface area contributed by atoms with Crippen molar-refractivity contribution in [3.05, 3.63) is 22.2 Å². The van der Waals surface area contributed by atoms with Crippen molar-refractivity contribution in [2.75, 3.05) is 6.61 Å². The summed E-state index contributed by atoms with van der Waals surface area (Å²) >= 11 is 8.56. The van der Waals surface area contributed by atoms with Crippen molar-refractivity contribution in [2.45, 2.75) is 45.1 Å². The Morgan fingerprint density at radius 1 is 1.43 bits per heavy atom. The Morgan fingerprint density at radius 3 is 2.87 bits per heavy atom. The van der Waals surface area contributed by atoms with Crippen molar-refractivity contribution in [2.24, 2.45) is 5.10 Å². The number of ether oxygens (including phenoxy) is 1. The lowest BCUT2D eigenvalue weighted by molar-refractivity contribution is 0.317. The van der Waals surface area contributed by atoms with Crippen LogP contribution in [0.15, 0.2) is 21.7 Å². The predicted octanol–water partition coefficient (Wildman–Crippen LogP) is 3.68. The number of thiocarbonyl (C=S) groups is 1. The standard InChI is InChI=1S/C16H22BrN3O2S/c1-2-22-14-9-11(8-13(17)15(14)21)10-18-20-16(23)19-12-6-4-3-5-7-12/h8-10,12,21H,2-7H2,1H3,(H2,19,20,23)/b18-10-. The van der Waals surface area contributed by atoms with Gasteiger partial charge in [-0.1, -0.05) is 19.3 Å². The smallest absolute Gasteiger partial charge is 0.187 e. The Bertz CT molecular complexity index is 575. The van der Waals surface area contributed by atoms with Crippen LogP contribution in [0.25, 0.3) is 0 Å². The zero-order chi connectivity index (χ0) is 16.7. The van der Waals surface area contributed by atoms with Gasteiger partial charge in [0.25, 0.3) is 0 Å². The van der Waals surface area contributed by atoms with Gasteiger partial charge < -0.3 is 15.2 Å². The van der Waals surface area contributed by atoms with E-state index in [9.17, 15) is 5.11 Å². The highest BCUT2D eigenvalue weighted by atomic mass is 79.9. The fraction of sp³-hybridized carbons (Fsp3) is 0.500. The van der Waals surface area contributed by atoms with Crippen LogP contribution in [0.5, 0.6) is 11.5 Å². The highest BCUT2D eigenvalue weighted by Gasteiger charge is 2.13. The van der Waals surface area contributed by atoms with Crippen LogP contribution in [0.1, 0.15) is 44.6 Å². The van der Waals surface area contributed by atoms with Crippen LogP contribution in [-0.4, -0.2) is 29.1 Å². The third-order valence-corrected chi connectivity index (χ3v) is 4.48. The maximum Gasteiger partial charge on any atom is 0.187 e. The molecule has 0 bridgehead atoms. The number of phenolic OH excluding ortho intramolecular Hbond substituents is 1. The predicted molar refractivity (Wildman–Crippen MR) is 100 cm³/mol. The molecule has 1 aliphatic rings. The molecular formula is C16H22BrN3O2S. The second kappa shape index (κ2) is 9.08. The molecule has 0 spiro atoms. The van der Waals surface area contributed by atoms with Gasteiger partial charge in [0.05, 0.1) is 17.3 Å². The molecule has 0 unspecified atom stereocenters. The van der Waals surface area contributed by atoms with Crippen LogP contribution in [0, 0.1) is 0 Å². The quantitative estimate of drug-likeness (QED) is 0.400. The summed E-state index contributed by atoms with van der Waals surface area (Å²) in [5.74, 6) is 0.512.